The predicted octanol–water partition coefficient (Wildman–Crippen LogP) is 3.88. The Hall–Kier alpha value is -0.820. The van der Waals surface area contributed by atoms with Gasteiger partial charge in [-0.2, -0.15) is 0 Å². The van der Waals surface area contributed by atoms with E-state index in [0.717, 1.165) is 5.56 Å². The number of hydrogen-bond acceptors (Lipinski definition) is 1. The van der Waals surface area contributed by atoms with Gasteiger partial charge < -0.3 is 0 Å². The van der Waals surface area contributed by atoms with Gasteiger partial charge in [0.1, 0.15) is 0 Å². The van der Waals surface area contributed by atoms with Crippen molar-refractivity contribution in [3.63, 3.8) is 0 Å². The SMILES string of the molecule is Cc1cccc(C(=O)C(C)(C)C)c1Cl. The van der Waals surface area contributed by atoms with Crippen LogP contribution in [0, 0.1) is 12.3 Å². The average Bonchev–Trinajstić information content (AvgIpc) is 2.07. The van der Waals surface area contributed by atoms with E-state index in [4.69, 9.17) is 11.6 Å². The summed E-state index contributed by atoms with van der Waals surface area (Å²) in [5.74, 6) is 0.0891. The van der Waals surface area contributed by atoms with Gasteiger partial charge in [0.2, 0.25) is 0 Å². The van der Waals surface area contributed by atoms with Crippen LogP contribution in [0.1, 0.15) is 36.7 Å². The molecule has 0 radical (unpaired) electrons. The molecule has 0 spiro atoms. The van der Waals surface area contributed by atoms with E-state index in [2.05, 4.69) is 0 Å². The number of carbonyl (C=O) groups is 1. The lowest BCUT2D eigenvalue weighted by atomic mass is 9.86. The minimum atomic E-state index is -0.378. The van der Waals surface area contributed by atoms with Gasteiger partial charge in [-0.15, -0.1) is 0 Å². The third-order valence-corrected chi connectivity index (χ3v) is 2.62. The first-order chi connectivity index (χ1) is 6.34. The van der Waals surface area contributed by atoms with Crippen molar-refractivity contribution in [3.8, 4) is 0 Å². The summed E-state index contributed by atoms with van der Waals surface area (Å²) in [6, 6.07) is 5.55. The van der Waals surface area contributed by atoms with E-state index in [0.29, 0.717) is 10.6 Å². The number of rotatable bonds is 1. The van der Waals surface area contributed by atoms with Crippen molar-refractivity contribution in [2.75, 3.05) is 0 Å². The topological polar surface area (TPSA) is 17.1 Å². The van der Waals surface area contributed by atoms with Gasteiger partial charge in [0.05, 0.1) is 5.02 Å². The van der Waals surface area contributed by atoms with E-state index < -0.39 is 0 Å². The van der Waals surface area contributed by atoms with Crippen LogP contribution in [-0.4, -0.2) is 5.78 Å². The maximum atomic E-state index is 12.0. The first-order valence-corrected chi connectivity index (χ1v) is 5.02. The van der Waals surface area contributed by atoms with Crippen LogP contribution in [0.15, 0.2) is 18.2 Å². The first-order valence-electron chi connectivity index (χ1n) is 4.64. The molecular weight excluding hydrogens is 196 g/mol. The minimum Gasteiger partial charge on any atom is -0.294 e. The van der Waals surface area contributed by atoms with Crippen LogP contribution in [0.25, 0.3) is 0 Å². The van der Waals surface area contributed by atoms with Crippen LogP contribution in [0.2, 0.25) is 5.02 Å². The van der Waals surface area contributed by atoms with E-state index in [1.807, 2.05) is 39.8 Å². The minimum absolute atomic E-state index is 0.0891. The largest absolute Gasteiger partial charge is 0.294 e. The van der Waals surface area contributed by atoms with Gasteiger partial charge in [-0.3, -0.25) is 4.79 Å². The van der Waals surface area contributed by atoms with Gasteiger partial charge in [-0.25, -0.2) is 0 Å². The third kappa shape index (κ3) is 2.16. The highest BCUT2D eigenvalue weighted by atomic mass is 35.5. The van der Waals surface area contributed by atoms with E-state index in [1.165, 1.54) is 0 Å². The molecule has 14 heavy (non-hydrogen) atoms. The standard InChI is InChI=1S/C12H15ClO/c1-8-6-5-7-9(10(8)13)11(14)12(2,3)4/h5-7H,1-4H3. The Bertz CT molecular complexity index is 361. The summed E-state index contributed by atoms with van der Waals surface area (Å²) >= 11 is 6.07. The highest BCUT2D eigenvalue weighted by molar-refractivity contribution is 6.34. The van der Waals surface area contributed by atoms with Crippen molar-refractivity contribution in [1.29, 1.82) is 0 Å². The molecule has 1 aromatic carbocycles. The molecule has 0 unspecified atom stereocenters. The Labute approximate surface area is 90.1 Å². The average molecular weight is 211 g/mol. The fourth-order valence-corrected chi connectivity index (χ4v) is 1.44. The van der Waals surface area contributed by atoms with Gasteiger partial charge >= 0.3 is 0 Å². The normalized spacial score (nSPS) is 11.5. The lowest BCUT2D eigenvalue weighted by Crippen LogP contribution is -2.20. The van der Waals surface area contributed by atoms with Crippen molar-refractivity contribution in [3.05, 3.63) is 34.3 Å². The second-order valence-electron chi connectivity index (χ2n) is 4.52. The van der Waals surface area contributed by atoms with Gasteiger partial charge in [0.25, 0.3) is 0 Å². The molecular formula is C12H15ClO. The molecule has 0 aliphatic carbocycles. The number of aryl methyl sites for hydroxylation is 1. The summed E-state index contributed by atoms with van der Waals surface area (Å²) in [4.78, 5) is 12.0. The molecule has 0 atom stereocenters. The van der Waals surface area contributed by atoms with Gasteiger partial charge in [0.15, 0.2) is 5.78 Å². The molecule has 0 N–H and O–H groups in total. The molecule has 2 heteroatoms. The molecule has 0 aliphatic rings. The lowest BCUT2D eigenvalue weighted by Gasteiger charge is -2.17. The number of hydrogen-bond donors (Lipinski definition) is 0. The number of Topliss-reactive ketones (excluding diaryl/α,β-unsaturated/α-hetero) is 1. The van der Waals surface area contributed by atoms with Crippen molar-refractivity contribution in [2.24, 2.45) is 5.41 Å². The highest BCUT2D eigenvalue weighted by Crippen LogP contribution is 2.27. The molecule has 1 nitrogen and oxygen atoms in total. The third-order valence-electron chi connectivity index (χ3n) is 2.12. The maximum Gasteiger partial charge on any atom is 0.169 e. The number of carbonyl (C=O) groups excluding carboxylic acids is 1. The zero-order valence-corrected chi connectivity index (χ0v) is 9.77. The summed E-state index contributed by atoms with van der Waals surface area (Å²) in [6.07, 6.45) is 0. The van der Waals surface area contributed by atoms with E-state index >= 15 is 0 Å². The zero-order chi connectivity index (χ0) is 10.9. The molecule has 1 aromatic rings. The monoisotopic (exact) mass is 210 g/mol. The molecule has 0 amide bonds. The Balaban J connectivity index is 3.21. The Morgan fingerprint density at radius 1 is 1.29 bits per heavy atom. The van der Waals surface area contributed by atoms with Crippen LogP contribution in [-0.2, 0) is 0 Å². The van der Waals surface area contributed by atoms with Crippen molar-refractivity contribution < 1.29 is 4.79 Å². The quantitative estimate of drug-likeness (QED) is 0.643. The van der Waals surface area contributed by atoms with Gasteiger partial charge in [-0.1, -0.05) is 44.5 Å². The van der Waals surface area contributed by atoms with Crippen LogP contribution in [0.5, 0.6) is 0 Å². The molecule has 0 aliphatic heterocycles. The zero-order valence-electron chi connectivity index (χ0n) is 9.02. The number of halogens is 1. The number of benzene rings is 1. The number of ketones is 1. The van der Waals surface area contributed by atoms with Crippen molar-refractivity contribution in [2.45, 2.75) is 27.7 Å². The predicted molar refractivity (Wildman–Crippen MR) is 60.0 cm³/mol. The summed E-state index contributed by atoms with van der Waals surface area (Å²) in [5.41, 5.74) is 1.19. The molecule has 0 heterocycles. The Morgan fingerprint density at radius 3 is 2.36 bits per heavy atom. The van der Waals surface area contributed by atoms with Crippen LogP contribution in [0.4, 0.5) is 0 Å². The van der Waals surface area contributed by atoms with Crippen molar-refractivity contribution in [1.82, 2.24) is 0 Å². The molecule has 0 saturated carbocycles. The second-order valence-corrected chi connectivity index (χ2v) is 4.89. The molecule has 0 bridgehead atoms. The van der Waals surface area contributed by atoms with Crippen LogP contribution in [0.3, 0.4) is 0 Å². The summed E-state index contributed by atoms with van der Waals surface area (Å²) in [7, 11) is 0. The van der Waals surface area contributed by atoms with Crippen LogP contribution >= 0.6 is 11.6 Å². The first kappa shape index (κ1) is 11.3. The van der Waals surface area contributed by atoms with E-state index in [9.17, 15) is 4.79 Å². The van der Waals surface area contributed by atoms with E-state index in [-0.39, 0.29) is 11.2 Å². The molecule has 0 saturated heterocycles. The Kier molecular flexibility index (Phi) is 3.01. The highest BCUT2D eigenvalue weighted by Gasteiger charge is 2.24. The Morgan fingerprint density at radius 2 is 1.86 bits per heavy atom. The lowest BCUT2D eigenvalue weighted by molar-refractivity contribution is 0.0858. The summed E-state index contributed by atoms with van der Waals surface area (Å²) in [6.45, 7) is 7.60. The van der Waals surface area contributed by atoms with Crippen molar-refractivity contribution >= 4 is 17.4 Å². The molecule has 0 aromatic heterocycles. The fraction of sp³-hybridized carbons (Fsp3) is 0.417. The maximum absolute atomic E-state index is 12.0. The summed E-state index contributed by atoms with van der Waals surface area (Å²) in [5, 5.41) is 0.576. The van der Waals surface area contributed by atoms with E-state index in [1.54, 1.807) is 6.07 Å². The summed E-state index contributed by atoms with van der Waals surface area (Å²) < 4.78 is 0. The smallest absolute Gasteiger partial charge is 0.169 e. The fourth-order valence-electron chi connectivity index (χ4n) is 1.23. The molecule has 76 valence electrons. The second kappa shape index (κ2) is 3.74. The molecule has 1 rings (SSSR count). The van der Waals surface area contributed by atoms with Gasteiger partial charge in [-0.05, 0) is 18.6 Å². The van der Waals surface area contributed by atoms with Crippen LogP contribution < -0.4 is 0 Å². The molecule has 0 fully saturated rings. The van der Waals surface area contributed by atoms with Gasteiger partial charge in [0, 0.05) is 11.0 Å².